The Morgan fingerprint density at radius 1 is 1.07 bits per heavy atom. The molecule has 0 bridgehead atoms. The number of hydrogen-bond acceptors (Lipinski definition) is 4. The quantitative estimate of drug-likeness (QED) is 0.509. The van der Waals surface area contributed by atoms with Crippen molar-refractivity contribution in [2.75, 3.05) is 6.61 Å². The number of para-hydroxylation sites is 2. The number of carbonyl (C=O) groups is 1. The first-order valence-electron chi connectivity index (χ1n) is 8.65. The van der Waals surface area contributed by atoms with Crippen molar-refractivity contribution in [2.45, 2.75) is 6.10 Å². The third-order valence-corrected chi connectivity index (χ3v) is 5.87. The van der Waals surface area contributed by atoms with Crippen molar-refractivity contribution < 1.29 is 14.3 Å². The Morgan fingerprint density at radius 3 is 2.74 bits per heavy atom. The molecule has 2 heterocycles. The predicted octanol–water partition coefficient (Wildman–Crippen LogP) is 3.66. The highest BCUT2D eigenvalue weighted by molar-refractivity contribution is 7.17. The minimum Gasteiger partial charge on any atom is -0.485 e. The Kier molecular flexibility index (Phi) is 3.72. The number of benzene rings is 3. The van der Waals surface area contributed by atoms with Gasteiger partial charge in [0.1, 0.15) is 6.61 Å². The highest BCUT2D eigenvalue weighted by Crippen LogP contribution is 2.31. The molecule has 1 atom stereocenters. The lowest BCUT2D eigenvalue weighted by Crippen LogP contribution is -2.36. The van der Waals surface area contributed by atoms with E-state index < -0.39 is 6.10 Å². The smallest absolute Gasteiger partial charge is 0.292 e. The molecule has 0 N–H and O–H groups in total. The van der Waals surface area contributed by atoms with Gasteiger partial charge in [0.05, 0.1) is 10.2 Å². The summed E-state index contributed by atoms with van der Waals surface area (Å²) in [5, 5.41) is 2.33. The van der Waals surface area contributed by atoms with E-state index in [0.29, 0.717) is 16.3 Å². The van der Waals surface area contributed by atoms with E-state index in [-0.39, 0.29) is 12.5 Å². The molecule has 0 spiro atoms. The van der Waals surface area contributed by atoms with Gasteiger partial charge in [0, 0.05) is 12.4 Å². The summed E-state index contributed by atoms with van der Waals surface area (Å²) in [6.45, 7) is 0.164. The van der Waals surface area contributed by atoms with Crippen LogP contribution in [0.25, 0.3) is 21.0 Å². The van der Waals surface area contributed by atoms with Crippen LogP contribution in [0.3, 0.4) is 0 Å². The molecule has 1 aromatic heterocycles. The molecular weight excluding hydrogens is 360 g/mol. The van der Waals surface area contributed by atoms with Crippen LogP contribution in [0.1, 0.15) is 0 Å². The fourth-order valence-electron chi connectivity index (χ4n) is 3.27. The fraction of sp³-hybridized carbons (Fsp3) is 0.143. The zero-order valence-electron chi connectivity index (χ0n) is 14.6. The molecule has 0 saturated carbocycles. The Hall–Kier alpha value is -3.12. The molecule has 5 rings (SSSR count). The number of amides is 1. The highest BCUT2D eigenvalue weighted by atomic mass is 32.1. The summed E-state index contributed by atoms with van der Waals surface area (Å²) in [6.07, 6.45) is -0.734. The Balaban J connectivity index is 1.55. The second-order valence-electron chi connectivity index (χ2n) is 6.39. The molecule has 134 valence electrons. The van der Waals surface area contributed by atoms with Crippen LogP contribution < -0.4 is 14.3 Å². The van der Waals surface area contributed by atoms with Crippen molar-refractivity contribution in [2.24, 2.45) is 12.0 Å². The number of carbonyl (C=O) groups excluding carboxylic acids is 1. The number of hydrogen-bond donors (Lipinski definition) is 0. The number of rotatable bonds is 1. The van der Waals surface area contributed by atoms with Crippen LogP contribution in [-0.4, -0.2) is 23.2 Å². The summed E-state index contributed by atoms with van der Waals surface area (Å²) >= 11 is 1.51. The van der Waals surface area contributed by atoms with Gasteiger partial charge in [-0.3, -0.25) is 4.79 Å². The maximum absolute atomic E-state index is 12.7. The van der Waals surface area contributed by atoms with Crippen molar-refractivity contribution in [1.29, 1.82) is 0 Å². The molecule has 3 aromatic carbocycles. The molecule has 27 heavy (non-hydrogen) atoms. The number of aryl methyl sites for hydroxylation is 1. The molecule has 1 amide bonds. The second-order valence-corrected chi connectivity index (χ2v) is 7.37. The normalized spacial score (nSPS) is 16.8. The van der Waals surface area contributed by atoms with Crippen molar-refractivity contribution in [3.8, 4) is 11.5 Å². The molecule has 1 aliphatic heterocycles. The van der Waals surface area contributed by atoms with E-state index in [1.165, 1.54) is 16.7 Å². The molecule has 5 nitrogen and oxygen atoms in total. The van der Waals surface area contributed by atoms with E-state index in [4.69, 9.17) is 9.47 Å². The van der Waals surface area contributed by atoms with Gasteiger partial charge in [-0.1, -0.05) is 53.8 Å². The summed E-state index contributed by atoms with van der Waals surface area (Å²) < 4.78 is 14.5. The average Bonchev–Trinajstić information content (AvgIpc) is 3.03. The number of thiazole rings is 1. The van der Waals surface area contributed by atoms with Crippen molar-refractivity contribution in [3.63, 3.8) is 0 Å². The Morgan fingerprint density at radius 2 is 1.85 bits per heavy atom. The zero-order valence-corrected chi connectivity index (χ0v) is 15.4. The lowest BCUT2D eigenvalue weighted by atomic mass is 10.1. The first-order chi connectivity index (χ1) is 13.2. The second kappa shape index (κ2) is 6.25. The van der Waals surface area contributed by atoms with Gasteiger partial charge in [0.2, 0.25) is 6.10 Å². The van der Waals surface area contributed by atoms with E-state index in [1.807, 2.05) is 41.9 Å². The average molecular weight is 376 g/mol. The van der Waals surface area contributed by atoms with Gasteiger partial charge >= 0.3 is 0 Å². The lowest BCUT2D eigenvalue weighted by Gasteiger charge is -2.23. The zero-order chi connectivity index (χ0) is 18.4. The maximum Gasteiger partial charge on any atom is 0.292 e. The summed E-state index contributed by atoms with van der Waals surface area (Å²) in [6, 6.07) is 19.7. The minimum atomic E-state index is -0.734. The third kappa shape index (κ3) is 2.69. The van der Waals surface area contributed by atoms with Crippen molar-refractivity contribution >= 4 is 38.2 Å². The lowest BCUT2D eigenvalue weighted by molar-refractivity contribution is -0.127. The molecule has 0 unspecified atom stereocenters. The van der Waals surface area contributed by atoms with E-state index >= 15 is 0 Å². The van der Waals surface area contributed by atoms with Gasteiger partial charge < -0.3 is 14.0 Å². The van der Waals surface area contributed by atoms with E-state index in [2.05, 4.69) is 29.3 Å². The topological polar surface area (TPSA) is 52.8 Å². The number of aromatic nitrogens is 1. The summed E-state index contributed by atoms with van der Waals surface area (Å²) in [5.74, 6) is 0.889. The SMILES string of the molecule is Cn1c(=NC(=O)[C@H]2COc3ccccc3O2)sc2c3ccccc3ccc21. The molecule has 6 heteroatoms. The molecule has 1 aliphatic rings. The molecule has 0 aliphatic carbocycles. The fourth-order valence-corrected chi connectivity index (χ4v) is 4.43. The van der Waals surface area contributed by atoms with Gasteiger partial charge in [-0.2, -0.15) is 4.99 Å². The van der Waals surface area contributed by atoms with E-state index in [0.717, 1.165) is 15.6 Å². The van der Waals surface area contributed by atoms with Gasteiger partial charge in [-0.25, -0.2) is 0 Å². The van der Waals surface area contributed by atoms with Gasteiger partial charge in [-0.15, -0.1) is 0 Å². The van der Waals surface area contributed by atoms with Gasteiger partial charge in [-0.05, 0) is 23.6 Å². The Labute approximate surface area is 159 Å². The summed E-state index contributed by atoms with van der Waals surface area (Å²) in [4.78, 5) is 17.7. The summed E-state index contributed by atoms with van der Waals surface area (Å²) in [7, 11) is 1.92. The molecule has 0 radical (unpaired) electrons. The van der Waals surface area contributed by atoms with E-state index in [9.17, 15) is 4.79 Å². The molecular formula is C21H16N2O3S. The third-order valence-electron chi connectivity index (χ3n) is 4.69. The Bertz CT molecular complexity index is 1260. The van der Waals surface area contributed by atoms with Crippen molar-refractivity contribution in [1.82, 2.24) is 4.57 Å². The monoisotopic (exact) mass is 376 g/mol. The van der Waals surface area contributed by atoms with Crippen LogP contribution in [0.5, 0.6) is 11.5 Å². The summed E-state index contributed by atoms with van der Waals surface area (Å²) in [5.41, 5.74) is 1.05. The van der Waals surface area contributed by atoms with Crippen LogP contribution in [0.2, 0.25) is 0 Å². The first-order valence-corrected chi connectivity index (χ1v) is 9.47. The van der Waals surface area contributed by atoms with Gasteiger partial charge in [0.15, 0.2) is 16.3 Å². The van der Waals surface area contributed by atoms with E-state index in [1.54, 1.807) is 6.07 Å². The van der Waals surface area contributed by atoms with Crippen LogP contribution in [0.15, 0.2) is 65.7 Å². The molecule has 0 fully saturated rings. The maximum atomic E-state index is 12.7. The first kappa shape index (κ1) is 16.1. The molecule has 4 aromatic rings. The van der Waals surface area contributed by atoms with Crippen LogP contribution >= 0.6 is 11.3 Å². The number of fused-ring (bicyclic) bond motifs is 4. The van der Waals surface area contributed by atoms with Crippen LogP contribution in [-0.2, 0) is 11.8 Å². The van der Waals surface area contributed by atoms with Crippen LogP contribution in [0.4, 0.5) is 0 Å². The van der Waals surface area contributed by atoms with Crippen LogP contribution in [0, 0.1) is 0 Å². The number of nitrogens with zero attached hydrogens (tertiary/aromatic N) is 2. The number of ether oxygens (including phenoxy) is 2. The standard InChI is InChI=1S/C21H16N2O3S/c1-23-15-11-10-13-6-2-3-7-14(13)19(15)27-21(23)22-20(24)18-12-25-16-8-4-5-9-17(16)26-18/h2-11,18H,12H2,1H3/t18-/m1/s1. The largest absolute Gasteiger partial charge is 0.485 e. The van der Waals surface area contributed by atoms with Crippen molar-refractivity contribution in [3.05, 3.63) is 65.5 Å². The van der Waals surface area contributed by atoms with Gasteiger partial charge in [0.25, 0.3) is 5.91 Å². The minimum absolute atomic E-state index is 0.164. The molecule has 0 saturated heterocycles. The highest BCUT2D eigenvalue weighted by Gasteiger charge is 2.27. The predicted molar refractivity (Wildman–Crippen MR) is 105 cm³/mol.